The number of benzene rings is 1. The second kappa shape index (κ2) is 8.58. The summed E-state index contributed by atoms with van der Waals surface area (Å²) in [5.41, 5.74) is 1.20. The van der Waals surface area contributed by atoms with Crippen LogP contribution in [0.25, 0.3) is 5.69 Å². The molecule has 0 radical (unpaired) electrons. The minimum Gasteiger partial charge on any atom is -0.447 e. The maximum Gasteiger partial charge on any atom is 0.417 e. The average Bonchev–Trinajstić information content (AvgIpc) is 3.40. The van der Waals surface area contributed by atoms with Gasteiger partial charge in [0, 0.05) is 11.9 Å². The van der Waals surface area contributed by atoms with Gasteiger partial charge in [0.05, 0.1) is 29.7 Å². The van der Waals surface area contributed by atoms with Crippen LogP contribution in [-0.2, 0) is 4.74 Å². The van der Waals surface area contributed by atoms with Crippen LogP contribution in [0.15, 0.2) is 30.7 Å². The maximum atomic E-state index is 13.9. The highest BCUT2D eigenvalue weighted by Crippen LogP contribution is 2.24. The Morgan fingerprint density at radius 3 is 2.91 bits per heavy atom. The molecule has 0 spiro atoms. The molecule has 0 aliphatic carbocycles. The van der Waals surface area contributed by atoms with E-state index in [1.165, 1.54) is 17.0 Å². The molecule has 2 aromatic heterocycles. The molecule has 32 heavy (non-hydrogen) atoms. The quantitative estimate of drug-likeness (QED) is 0.625. The van der Waals surface area contributed by atoms with Gasteiger partial charge in [-0.1, -0.05) is 6.92 Å². The van der Waals surface area contributed by atoms with Gasteiger partial charge in [-0.15, -0.1) is 0 Å². The Morgan fingerprint density at radius 2 is 2.19 bits per heavy atom. The standard InChI is InChI=1S/C21H21FN8O2/c1-4-15-10-32-21(31)30(15)20-27-13(3)26-19(28-20)25-12(2)18-9-29(11-24-18)16-6-5-14(8-23)17(22)7-16/h5-7,9,11-12,15H,4,10H2,1-3H3,(H,25,26,27,28)/t12-,15-/m0/s1. The van der Waals surface area contributed by atoms with Gasteiger partial charge in [0.15, 0.2) is 0 Å². The number of carbonyl (C=O) groups excluding carboxylic acids is 1. The third-order valence-corrected chi connectivity index (χ3v) is 5.15. The van der Waals surface area contributed by atoms with Crippen LogP contribution < -0.4 is 10.2 Å². The van der Waals surface area contributed by atoms with Crippen LogP contribution in [0.1, 0.15) is 43.4 Å². The number of aryl methyl sites for hydroxylation is 1. The first-order valence-electron chi connectivity index (χ1n) is 10.1. The van der Waals surface area contributed by atoms with E-state index >= 15 is 0 Å². The number of halogens is 1. The molecule has 0 bridgehead atoms. The summed E-state index contributed by atoms with van der Waals surface area (Å²) in [5, 5.41) is 12.1. The first-order chi connectivity index (χ1) is 15.4. The highest BCUT2D eigenvalue weighted by atomic mass is 19.1. The Hall–Kier alpha value is -4.07. The predicted octanol–water partition coefficient (Wildman–Crippen LogP) is 3.28. The van der Waals surface area contributed by atoms with E-state index < -0.39 is 11.9 Å². The molecular weight excluding hydrogens is 415 g/mol. The van der Waals surface area contributed by atoms with E-state index in [1.807, 2.05) is 13.8 Å². The Labute approximate surface area is 183 Å². The summed E-state index contributed by atoms with van der Waals surface area (Å²) in [6.07, 6.45) is 3.54. The van der Waals surface area contributed by atoms with Crippen LogP contribution in [0.3, 0.4) is 0 Å². The molecule has 3 heterocycles. The largest absolute Gasteiger partial charge is 0.447 e. The normalized spacial score (nSPS) is 16.5. The molecule has 3 aromatic rings. The number of nitrogens with one attached hydrogen (secondary N) is 1. The summed E-state index contributed by atoms with van der Waals surface area (Å²) in [5.74, 6) is 0.400. The first-order valence-corrected chi connectivity index (χ1v) is 10.1. The zero-order valence-electron chi connectivity index (χ0n) is 17.8. The van der Waals surface area contributed by atoms with Crippen LogP contribution in [0.5, 0.6) is 0 Å². The van der Waals surface area contributed by atoms with Gasteiger partial charge < -0.3 is 14.6 Å². The molecular formula is C21H21FN8O2. The fraction of sp³-hybridized carbons (Fsp3) is 0.333. The molecule has 1 fully saturated rings. The van der Waals surface area contributed by atoms with Crippen molar-refractivity contribution in [3.63, 3.8) is 0 Å². The van der Waals surface area contributed by atoms with Gasteiger partial charge in [-0.3, -0.25) is 0 Å². The highest BCUT2D eigenvalue weighted by Gasteiger charge is 2.35. The third-order valence-electron chi connectivity index (χ3n) is 5.15. The minimum absolute atomic E-state index is 0.0164. The number of cyclic esters (lactones) is 1. The molecule has 2 atom stereocenters. The predicted molar refractivity (Wildman–Crippen MR) is 113 cm³/mol. The number of anilines is 2. The molecule has 10 nitrogen and oxygen atoms in total. The molecule has 164 valence electrons. The van der Waals surface area contributed by atoms with Gasteiger partial charge in [0.25, 0.3) is 0 Å². The summed E-state index contributed by atoms with van der Waals surface area (Å²) in [7, 11) is 0. The Morgan fingerprint density at radius 1 is 1.38 bits per heavy atom. The summed E-state index contributed by atoms with van der Waals surface area (Å²) < 4.78 is 20.7. The fourth-order valence-corrected chi connectivity index (χ4v) is 3.37. The van der Waals surface area contributed by atoms with Gasteiger partial charge in [0.1, 0.15) is 24.3 Å². The number of aromatic nitrogens is 5. The van der Waals surface area contributed by atoms with Crippen molar-refractivity contribution in [3.05, 3.63) is 53.6 Å². The molecule has 1 aliphatic heterocycles. The number of amides is 1. The van der Waals surface area contributed by atoms with E-state index in [2.05, 4.69) is 25.3 Å². The zero-order chi connectivity index (χ0) is 22.8. The van der Waals surface area contributed by atoms with E-state index in [4.69, 9.17) is 10.00 Å². The second-order valence-corrected chi connectivity index (χ2v) is 7.36. The van der Waals surface area contributed by atoms with Crippen LogP contribution in [0.2, 0.25) is 0 Å². The van der Waals surface area contributed by atoms with Crippen molar-refractivity contribution in [3.8, 4) is 11.8 Å². The van der Waals surface area contributed by atoms with Gasteiger partial charge in [-0.2, -0.15) is 20.2 Å². The van der Waals surface area contributed by atoms with Gasteiger partial charge in [-0.05, 0) is 38.5 Å². The summed E-state index contributed by atoms with van der Waals surface area (Å²) in [6, 6.07) is 5.74. The summed E-state index contributed by atoms with van der Waals surface area (Å²) in [6.45, 7) is 5.86. The molecule has 1 saturated heterocycles. The van der Waals surface area contributed by atoms with E-state index in [0.29, 0.717) is 36.2 Å². The third kappa shape index (κ3) is 4.07. The van der Waals surface area contributed by atoms with Crippen LogP contribution in [0.4, 0.5) is 21.1 Å². The van der Waals surface area contributed by atoms with E-state index in [1.54, 1.807) is 36.2 Å². The lowest BCUT2D eigenvalue weighted by Gasteiger charge is -2.19. The number of rotatable bonds is 6. The van der Waals surface area contributed by atoms with E-state index in [-0.39, 0.29) is 23.6 Å². The van der Waals surface area contributed by atoms with Crippen molar-refractivity contribution in [1.29, 1.82) is 5.26 Å². The Balaban J connectivity index is 1.54. The minimum atomic E-state index is -0.592. The average molecular weight is 436 g/mol. The molecule has 11 heteroatoms. The van der Waals surface area contributed by atoms with E-state index in [0.717, 1.165) is 0 Å². The Kier molecular flexibility index (Phi) is 5.68. The highest BCUT2D eigenvalue weighted by molar-refractivity contribution is 5.88. The lowest BCUT2D eigenvalue weighted by Crippen LogP contribution is -2.34. The first kappa shape index (κ1) is 21.2. The monoisotopic (exact) mass is 436 g/mol. The van der Waals surface area contributed by atoms with Gasteiger partial charge in [0.2, 0.25) is 11.9 Å². The molecule has 0 unspecified atom stereocenters. The SMILES string of the molecule is CC[C@H]1COC(=O)N1c1nc(C)nc(N[C@@H](C)c2cn(-c3ccc(C#N)c(F)c3)cn2)n1. The molecule has 1 N–H and O–H groups in total. The number of nitriles is 1. The van der Waals surface area contributed by atoms with Crippen molar-refractivity contribution in [1.82, 2.24) is 24.5 Å². The smallest absolute Gasteiger partial charge is 0.417 e. The number of hydrogen-bond donors (Lipinski definition) is 1. The van der Waals surface area contributed by atoms with Crippen LogP contribution in [0, 0.1) is 24.1 Å². The summed E-state index contributed by atoms with van der Waals surface area (Å²) in [4.78, 5) is 31.0. The topological polar surface area (TPSA) is 122 Å². The fourth-order valence-electron chi connectivity index (χ4n) is 3.37. The zero-order valence-corrected chi connectivity index (χ0v) is 17.8. The van der Waals surface area contributed by atoms with E-state index in [9.17, 15) is 9.18 Å². The van der Waals surface area contributed by atoms with Crippen LogP contribution in [-0.4, -0.2) is 43.2 Å². The number of imidazole rings is 1. The lowest BCUT2D eigenvalue weighted by molar-refractivity contribution is 0.178. The van der Waals surface area contributed by atoms with Crippen molar-refractivity contribution in [2.45, 2.75) is 39.3 Å². The molecule has 1 amide bonds. The lowest BCUT2D eigenvalue weighted by atomic mass is 10.2. The Bertz CT molecular complexity index is 1200. The van der Waals surface area contributed by atoms with Crippen molar-refractivity contribution < 1.29 is 13.9 Å². The van der Waals surface area contributed by atoms with Crippen molar-refractivity contribution in [2.24, 2.45) is 0 Å². The van der Waals surface area contributed by atoms with Gasteiger partial charge >= 0.3 is 6.09 Å². The molecule has 1 aromatic carbocycles. The number of carbonyl (C=O) groups is 1. The second-order valence-electron chi connectivity index (χ2n) is 7.36. The summed E-state index contributed by atoms with van der Waals surface area (Å²) >= 11 is 0. The van der Waals surface area contributed by atoms with Crippen molar-refractivity contribution >= 4 is 18.0 Å². The van der Waals surface area contributed by atoms with Crippen molar-refractivity contribution in [2.75, 3.05) is 16.8 Å². The number of ether oxygens (including phenoxy) is 1. The maximum absolute atomic E-state index is 13.9. The van der Waals surface area contributed by atoms with Gasteiger partial charge in [-0.25, -0.2) is 19.1 Å². The number of nitrogens with zero attached hydrogens (tertiary/aromatic N) is 7. The molecule has 4 rings (SSSR count). The molecule has 1 aliphatic rings. The molecule has 0 saturated carbocycles. The van der Waals surface area contributed by atoms with Crippen LogP contribution >= 0.6 is 0 Å². The number of hydrogen-bond acceptors (Lipinski definition) is 8.